The van der Waals surface area contributed by atoms with Gasteiger partial charge in [-0.05, 0) is 38.1 Å². The monoisotopic (exact) mass is 431 g/mol. The van der Waals surface area contributed by atoms with Gasteiger partial charge in [0.25, 0.3) is 0 Å². The van der Waals surface area contributed by atoms with E-state index in [2.05, 4.69) is 9.97 Å². The van der Waals surface area contributed by atoms with Crippen LogP contribution in [0.5, 0.6) is 0 Å². The van der Waals surface area contributed by atoms with Gasteiger partial charge in [0.15, 0.2) is 24.1 Å². The van der Waals surface area contributed by atoms with Gasteiger partial charge in [-0.25, -0.2) is 14.8 Å². The lowest BCUT2D eigenvalue weighted by Crippen LogP contribution is -2.20. The third kappa shape index (κ3) is 4.22. The van der Waals surface area contributed by atoms with Crippen LogP contribution in [0.4, 0.5) is 0 Å². The van der Waals surface area contributed by atoms with E-state index >= 15 is 0 Å². The van der Waals surface area contributed by atoms with Gasteiger partial charge in [0, 0.05) is 16.5 Å². The van der Waals surface area contributed by atoms with E-state index in [1.807, 2.05) is 25.1 Å². The third-order valence-electron chi connectivity index (χ3n) is 4.61. The quantitative estimate of drug-likeness (QED) is 0.411. The Morgan fingerprint density at radius 3 is 2.68 bits per heavy atom. The second kappa shape index (κ2) is 8.50. The van der Waals surface area contributed by atoms with Gasteiger partial charge >= 0.3 is 5.97 Å². The summed E-state index contributed by atoms with van der Waals surface area (Å²) in [6, 6.07) is 14.3. The SMILES string of the molecule is Cc1csc([C@@H](C#N)C(=O)COC(=O)c2cc(-c3ccc(C)o3)nc3ccccc23)n1. The molecule has 0 saturated heterocycles. The van der Waals surface area contributed by atoms with Crippen molar-refractivity contribution in [1.82, 2.24) is 9.97 Å². The summed E-state index contributed by atoms with van der Waals surface area (Å²) in [6.45, 7) is 3.08. The molecule has 7 nitrogen and oxygen atoms in total. The molecular weight excluding hydrogens is 414 g/mol. The molecule has 0 amide bonds. The van der Waals surface area contributed by atoms with Gasteiger partial charge in [0.05, 0.1) is 17.1 Å². The molecule has 4 rings (SSSR count). The van der Waals surface area contributed by atoms with Crippen LogP contribution in [-0.4, -0.2) is 28.3 Å². The first-order valence-corrected chi connectivity index (χ1v) is 10.3. The van der Waals surface area contributed by atoms with Gasteiger partial charge in [-0.1, -0.05) is 18.2 Å². The van der Waals surface area contributed by atoms with Crippen LogP contribution in [0.15, 0.2) is 52.3 Å². The number of nitrogens with zero attached hydrogens (tertiary/aromatic N) is 3. The van der Waals surface area contributed by atoms with Crippen molar-refractivity contribution < 1.29 is 18.7 Å². The number of benzene rings is 1. The van der Waals surface area contributed by atoms with E-state index in [-0.39, 0.29) is 5.56 Å². The number of aryl methyl sites for hydroxylation is 2. The maximum atomic E-state index is 12.9. The predicted molar refractivity (Wildman–Crippen MR) is 115 cm³/mol. The van der Waals surface area contributed by atoms with E-state index in [4.69, 9.17) is 9.15 Å². The summed E-state index contributed by atoms with van der Waals surface area (Å²) < 4.78 is 10.9. The fourth-order valence-electron chi connectivity index (χ4n) is 3.11. The van der Waals surface area contributed by atoms with Crippen LogP contribution in [0.25, 0.3) is 22.4 Å². The zero-order chi connectivity index (χ0) is 22.0. The Hall–Kier alpha value is -3.83. The van der Waals surface area contributed by atoms with Crippen LogP contribution in [0.2, 0.25) is 0 Å². The molecule has 8 heteroatoms. The molecular formula is C23H17N3O4S. The average Bonchev–Trinajstić information content (AvgIpc) is 3.40. The van der Waals surface area contributed by atoms with Gasteiger partial charge in [-0.15, -0.1) is 11.3 Å². The molecule has 0 aliphatic carbocycles. The highest BCUT2D eigenvalue weighted by Crippen LogP contribution is 2.27. The van der Waals surface area contributed by atoms with Gasteiger partial charge in [0.2, 0.25) is 0 Å². The first-order chi connectivity index (χ1) is 15.0. The van der Waals surface area contributed by atoms with Crippen molar-refractivity contribution in [1.29, 1.82) is 5.26 Å². The number of ether oxygens (including phenoxy) is 1. The molecule has 0 saturated carbocycles. The minimum absolute atomic E-state index is 0.265. The lowest BCUT2D eigenvalue weighted by atomic mass is 10.1. The number of esters is 1. The standard InChI is InChI=1S/C23H17N3O4S/c1-13-12-31-22(25-13)17(10-24)20(27)11-29-23(28)16-9-19(21-8-7-14(2)30-21)26-18-6-4-3-5-15(16)18/h3-9,12,17H,11H2,1-2H3/t17-/m0/s1. The molecule has 31 heavy (non-hydrogen) atoms. The number of rotatable bonds is 6. The third-order valence-corrected chi connectivity index (χ3v) is 5.64. The van der Waals surface area contributed by atoms with E-state index in [9.17, 15) is 14.9 Å². The second-order valence-electron chi connectivity index (χ2n) is 6.91. The number of carbonyl (C=O) groups is 2. The van der Waals surface area contributed by atoms with Crippen LogP contribution in [0.1, 0.15) is 32.7 Å². The van der Waals surface area contributed by atoms with Gasteiger partial charge < -0.3 is 9.15 Å². The largest absolute Gasteiger partial charge is 0.460 e. The Kier molecular flexibility index (Phi) is 5.60. The molecule has 1 atom stereocenters. The molecule has 3 heterocycles. The van der Waals surface area contributed by atoms with Gasteiger partial charge in [0.1, 0.15) is 16.5 Å². The van der Waals surface area contributed by atoms with Crippen LogP contribution in [-0.2, 0) is 9.53 Å². The zero-order valence-electron chi connectivity index (χ0n) is 16.8. The van der Waals surface area contributed by atoms with Crippen LogP contribution >= 0.6 is 11.3 Å². The van der Waals surface area contributed by atoms with E-state index < -0.39 is 24.3 Å². The first kappa shape index (κ1) is 20.4. The van der Waals surface area contributed by atoms with Crippen LogP contribution < -0.4 is 0 Å². The minimum atomic E-state index is -1.07. The smallest absolute Gasteiger partial charge is 0.339 e. The normalized spacial score (nSPS) is 11.8. The summed E-state index contributed by atoms with van der Waals surface area (Å²) in [5.74, 6) is -1.02. The van der Waals surface area contributed by atoms with Crippen molar-refractivity contribution in [3.05, 3.63) is 69.9 Å². The molecule has 0 spiro atoms. The minimum Gasteiger partial charge on any atom is -0.460 e. The average molecular weight is 431 g/mol. The molecule has 0 N–H and O–H groups in total. The lowest BCUT2D eigenvalue weighted by molar-refractivity contribution is -0.122. The highest BCUT2D eigenvalue weighted by Gasteiger charge is 2.25. The zero-order valence-corrected chi connectivity index (χ0v) is 17.6. The molecule has 0 aliphatic rings. The number of hydrogen-bond donors (Lipinski definition) is 0. The van der Waals surface area contributed by atoms with E-state index in [0.717, 1.165) is 11.5 Å². The van der Waals surface area contributed by atoms with Crippen molar-refractivity contribution in [2.75, 3.05) is 6.61 Å². The molecule has 0 aliphatic heterocycles. The number of nitriles is 1. The van der Waals surface area contributed by atoms with Gasteiger partial charge in [-0.2, -0.15) is 5.26 Å². The summed E-state index contributed by atoms with van der Waals surface area (Å²) >= 11 is 1.23. The summed E-state index contributed by atoms with van der Waals surface area (Å²) in [6.07, 6.45) is 0. The molecule has 4 aromatic rings. The number of pyridine rings is 1. The molecule has 1 aromatic carbocycles. The second-order valence-corrected chi connectivity index (χ2v) is 7.80. The number of aromatic nitrogens is 2. The number of thiazole rings is 1. The molecule has 0 radical (unpaired) electrons. The Morgan fingerprint density at radius 1 is 1.19 bits per heavy atom. The maximum Gasteiger partial charge on any atom is 0.339 e. The van der Waals surface area contributed by atoms with Crippen LogP contribution in [0, 0.1) is 25.2 Å². The number of ketones is 1. The van der Waals surface area contributed by atoms with Crippen molar-refractivity contribution >= 4 is 34.0 Å². The lowest BCUT2D eigenvalue weighted by Gasteiger charge is -2.10. The Morgan fingerprint density at radius 2 is 2.00 bits per heavy atom. The molecule has 0 fully saturated rings. The fourth-order valence-corrected chi connectivity index (χ4v) is 3.97. The molecule has 0 unspecified atom stereocenters. The fraction of sp³-hybridized carbons (Fsp3) is 0.174. The topological polar surface area (TPSA) is 106 Å². The van der Waals surface area contributed by atoms with Crippen molar-refractivity contribution in [2.24, 2.45) is 0 Å². The summed E-state index contributed by atoms with van der Waals surface area (Å²) in [5, 5.41) is 12.1. The number of hydrogen-bond acceptors (Lipinski definition) is 8. The Labute approximate surface area is 181 Å². The van der Waals surface area contributed by atoms with Crippen molar-refractivity contribution in [2.45, 2.75) is 19.8 Å². The maximum absolute atomic E-state index is 12.9. The van der Waals surface area contributed by atoms with Crippen molar-refractivity contribution in [3.63, 3.8) is 0 Å². The predicted octanol–water partition coefficient (Wildman–Crippen LogP) is 4.60. The van der Waals surface area contributed by atoms with E-state index in [1.54, 1.807) is 42.6 Å². The molecule has 154 valence electrons. The molecule has 0 bridgehead atoms. The number of para-hydroxylation sites is 1. The number of carbonyl (C=O) groups excluding carboxylic acids is 2. The van der Waals surface area contributed by atoms with Crippen LogP contribution in [0.3, 0.4) is 0 Å². The van der Waals surface area contributed by atoms with E-state index in [1.165, 1.54) is 11.3 Å². The number of furan rings is 1. The number of fused-ring (bicyclic) bond motifs is 1. The summed E-state index contributed by atoms with van der Waals surface area (Å²) in [5.41, 5.74) is 2.08. The Bertz CT molecular complexity index is 1330. The van der Waals surface area contributed by atoms with Crippen molar-refractivity contribution in [3.8, 4) is 17.5 Å². The summed E-state index contributed by atoms with van der Waals surface area (Å²) in [7, 11) is 0. The van der Waals surface area contributed by atoms with E-state index in [0.29, 0.717) is 27.4 Å². The highest BCUT2D eigenvalue weighted by molar-refractivity contribution is 7.09. The molecule has 3 aromatic heterocycles. The highest BCUT2D eigenvalue weighted by atomic mass is 32.1. The first-order valence-electron chi connectivity index (χ1n) is 9.44. The van der Waals surface area contributed by atoms with Gasteiger partial charge in [-0.3, -0.25) is 4.79 Å². The Balaban J connectivity index is 1.60. The number of Topliss-reactive ketones (excluding diaryl/α,β-unsaturated/α-hetero) is 1. The summed E-state index contributed by atoms with van der Waals surface area (Å²) in [4.78, 5) is 34.1.